The van der Waals surface area contributed by atoms with Gasteiger partial charge in [0.25, 0.3) is 5.91 Å². The Morgan fingerprint density at radius 3 is 2.22 bits per heavy atom. The lowest BCUT2D eigenvalue weighted by molar-refractivity contribution is -0.113. The van der Waals surface area contributed by atoms with Crippen molar-refractivity contribution >= 4 is 69.5 Å². The van der Waals surface area contributed by atoms with Gasteiger partial charge in [-0.05, 0) is 35.9 Å². The molecule has 0 unspecified atom stereocenters. The van der Waals surface area contributed by atoms with Gasteiger partial charge in [-0.15, -0.1) is 0 Å². The number of hydrogen-bond donors (Lipinski definition) is 2. The molecule has 0 aromatic heterocycles. The lowest BCUT2D eigenvalue weighted by Gasteiger charge is -2.16. The Morgan fingerprint density at radius 2 is 1.67 bits per heavy atom. The quantitative estimate of drug-likeness (QED) is 0.568. The molecule has 2 aromatic carbocycles. The lowest BCUT2D eigenvalue weighted by Crippen LogP contribution is -2.28. The summed E-state index contributed by atoms with van der Waals surface area (Å²) < 4.78 is 0.164. The van der Waals surface area contributed by atoms with Crippen molar-refractivity contribution in [3.8, 4) is 0 Å². The Kier molecular flexibility index (Phi) is 5.31. The number of carbonyl (C=O) groups is 3. The van der Waals surface area contributed by atoms with E-state index in [1.54, 1.807) is 30.3 Å². The molecule has 27 heavy (non-hydrogen) atoms. The number of thiocarbonyl (C=S) groups is 1. The van der Waals surface area contributed by atoms with Crippen LogP contribution < -0.4 is 4.90 Å². The molecular weight excluding hydrogens is 410 g/mol. The van der Waals surface area contributed by atoms with Gasteiger partial charge in [-0.1, -0.05) is 53.8 Å². The average molecular weight is 420 g/mol. The van der Waals surface area contributed by atoms with Gasteiger partial charge in [0.05, 0.1) is 21.7 Å². The minimum absolute atomic E-state index is 0.0809. The molecule has 136 valence electrons. The number of carboxylic acid groups (broad SMARTS) is 2. The summed E-state index contributed by atoms with van der Waals surface area (Å²) in [6.07, 6.45) is 1.58. The molecule has 1 aliphatic heterocycles. The maximum absolute atomic E-state index is 12.8. The largest absolute Gasteiger partial charge is 0.478 e. The van der Waals surface area contributed by atoms with Gasteiger partial charge in [-0.3, -0.25) is 9.69 Å². The summed E-state index contributed by atoms with van der Waals surface area (Å²) in [6, 6.07) is 10.4. The Morgan fingerprint density at radius 1 is 1.07 bits per heavy atom. The number of anilines is 1. The molecule has 1 saturated heterocycles. The predicted molar refractivity (Wildman–Crippen MR) is 107 cm³/mol. The minimum atomic E-state index is -1.31. The number of carbonyl (C=O) groups excluding carboxylic acids is 1. The SMILES string of the molecule is O=C(O)c1cc(C(=O)O)cc(N2C(=O)/C(=C/c3ccccc3Cl)SC2=S)c1. The van der Waals surface area contributed by atoms with Crippen LogP contribution in [0.5, 0.6) is 0 Å². The van der Waals surface area contributed by atoms with E-state index in [1.165, 1.54) is 12.1 Å². The summed E-state index contributed by atoms with van der Waals surface area (Å²) in [6.45, 7) is 0. The van der Waals surface area contributed by atoms with Crippen LogP contribution in [0.1, 0.15) is 26.3 Å². The zero-order chi connectivity index (χ0) is 19.7. The second-order valence-corrected chi connectivity index (χ2v) is 7.50. The first-order chi connectivity index (χ1) is 12.8. The second-order valence-electron chi connectivity index (χ2n) is 5.42. The number of aromatic carboxylic acids is 2. The molecule has 2 aromatic rings. The fourth-order valence-electron chi connectivity index (χ4n) is 2.41. The number of hydrogen-bond acceptors (Lipinski definition) is 5. The molecule has 1 fully saturated rings. The molecule has 1 heterocycles. The van der Waals surface area contributed by atoms with Crippen LogP contribution in [0.2, 0.25) is 5.02 Å². The van der Waals surface area contributed by atoms with Gasteiger partial charge < -0.3 is 10.2 Å². The van der Waals surface area contributed by atoms with E-state index in [9.17, 15) is 24.6 Å². The highest BCUT2D eigenvalue weighted by Gasteiger charge is 2.34. The molecule has 0 radical (unpaired) electrons. The Hall–Kier alpha value is -2.68. The summed E-state index contributed by atoms with van der Waals surface area (Å²) in [5.74, 6) is -3.10. The van der Waals surface area contributed by atoms with E-state index in [0.29, 0.717) is 15.5 Å². The lowest BCUT2D eigenvalue weighted by atomic mass is 10.1. The van der Waals surface area contributed by atoms with Crippen molar-refractivity contribution in [3.63, 3.8) is 0 Å². The summed E-state index contributed by atoms with van der Waals surface area (Å²) in [4.78, 5) is 36.8. The molecule has 2 N–H and O–H groups in total. The molecule has 6 nitrogen and oxygen atoms in total. The molecule has 1 aliphatic rings. The van der Waals surface area contributed by atoms with Gasteiger partial charge in [-0.2, -0.15) is 0 Å². The first-order valence-electron chi connectivity index (χ1n) is 7.42. The topological polar surface area (TPSA) is 94.9 Å². The van der Waals surface area contributed by atoms with E-state index >= 15 is 0 Å². The fourth-order valence-corrected chi connectivity index (χ4v) is 3.89. The van der Waals surface area contributed by atoms with E-state index in [4.69, 9.17) is 23.8 Å². The molecule has 0 atom stereocenters. The smallest absolute Gasteiger partial charge is 0.335 e. The zero-order valence-corrected chi connectivity index (χ0v) is 15.8. The maximum Gasteiger partial charge on any atom is 0.335 e. The highest BCUT2D eigenvalue weighted by Crippen LogP contribution is 2.37. The van der Waals surface area contributed by atoms with E-state index in [-0.39, 0.29) is 21.1 Å². The van der Waals surface area contributed by atoms with Crippen LogP contribution in [0.25, 0.3) is 6.08 Å². The highest BCUT2D eigenvalue weighted by molar-refractivity contribution is 8.27. The van der Waals surface area contributed by atoms with Crippen molar-refractivity contribution in [2.24, 2.45) is 0 Å². The van der Waals surface area contributed by atoms with E-state index in [2.05, 4.69) is 0 Å². The predicted octanol–water partition coefficient (Wildman–Crippen LogP) is 4.14. The average Bonchev–Trinajstić information content (AvgIpc) is 2.90. The van der Waals surface area contributed by atoms with Crippen LogP contribution in [-0.2, 0) is 4.79 Å². The van der Waals surface area contributed by atoms with E-state index < -0.39 is 17.8 Å². The van der Waals surface area contributed by atoms with Gasteiger partial charge in [0.2, 0.25) is 0 Å². The fraction of sp³-hybridized carbons (Fsp3) is 0. The molecule has 1 amide bonds. The van der Waals surface area contributed by atoms with E-state index in [0.717, 1.165) is 22.7 Å². The number of amides is 1. The molecule has 9 heteroatoms. The highest BCUT2D eigenvalue weighted by atomic mass is 35.5. The zero-order valence-electron chi connectivity index (χ0n) is 13.4. The van der Waals surface area contributed by atoms with Crippen molar-refractivity contribution in [2.75, 3.05) is 4.90 Å². The van der Waals surface area contributed by atoms with Crippen LogP contribution in [0.4, 0.5) is 5.69 Å². The number of carboxylic acids is 2. The molecule has 0 aliphatic carbocycles. The first-order valence-corrected chi connectivity index (χ1v) is 9.02. The Bertz CT molecular complexity index is 1000. The molecule has 0 spiro atoms. The number of thioether (sulfide) groups is 1. The third-order valence-corrected chi connectivity index (χ3v) is 5.30. The molecule has 3 rings (SSSR count). The van der Waals surface area contributed by atoms with Gasteiger partial charge in [0, 0.05) is 5.02 Å². The summed E-state index contributed by atoms with van der Waals surface area (Å²) in [5.41, 5.74) is 0.200. The molecule has 0 bridgehead atoms. The summed E-state index contributed by atoms with van der Waals surface area (Å²) in [7, 11) is 0. The first kappa shape index (κ1) is 19.1. The minimum Gasteiger partial charge on any atom is -0.478 e. The van der Waals surface area contributed by atoms with Gasteiger partial charge in [-0.25, -0.2) is 9.59 Å². The van der Waals surface area contributed by atoms with Crippen LogP contribution in [0.15, 0.2) is 47.4 Å². The summed E-state index contributed by atoms with van der Waals surface area (Å²) >= 11 is 12.4. The second kappa shape index (κ2) is 7.51. The van der Waals surface area contributed by atoms with Crippen molar-refractivity contribution < 1.29 is 24.6 Å². The van der Waals surface area contributed by atoms with Crippen LogP contribution in [-0.4, -0.2) is 32.4 Å². The molecule has 0 saturated carbocycles. The van der Waals surface area contributed by atoms with E-state index in [1.807, 2.05) is 0 Å². The summed E-state index contributed by atoms with van der Waals surface area (Å²) in [5, 5.41) is 18.9. The van der Waals surface area contributed by atoms with Crippen molar-refractivity contribution in [1.82, 2.24) is 0 Å². The normalized spacial score (nSPS) is 15.4. The number of nitrogens with zero attached hydrogens (tertiary/aromatic N) is 1. The van der Waals surface area contributed by atoms with Gasteiger partial charge >= 0.3 is 11.9 Å². The maximum atomic E-state index is 12.8. The number of benzene rings is 2. The number of halogens is 1. The Balaban J connectivity index is 2.04. The van der Waals surface area contributed by atoms with Crippen molar-refractivity contribution in [3.05, 3.63) is 69.1 Å². The standard InChI is InChI=1S/C18H10ClNO5S2/c19-13-4-2-1-3-9(13)8-14-15(21)20(18(26)27-14)12-6-10(16(22)23)5-11(7-12)17(24)25/h1-8H,(H,22,23)(H,24,25)/b14-8-. The monoisotopic (exact) mass is 419 g/mol. The van der Waals surface area contributed by atoms with Crippen LogP contribution >= 0.6 is 35.6 Å². The van der Waals surface area contributed by atoms with Crippen molar-refractivity contribution in [2.45, 2.75) is 0 Å². The third-order valence-electron chi connectivity index (χ3n) is 3.66. The Labute approximate surface area is 168 Å². The molecular formula is C18H10ClNO5S2. The van der Waals surface area contributed by atoms with Gasteiger partial charge in [0.15, 0.2) is 4.32 Å². The van der Waals surface area contributed by atoms with Gasteiger partial charge in [0.1, 0.15) is 0 Å². The van der Waals surface area contributed by atoms with Crippen LogP contribution in [0, 0.1) is 0 Å². The van der Waals surface area contributed by atoms with Crippen molar-refractivity contribution in [1.29, 1.82) is 0 Å². The number of rotatable bonds is 4. The van der Waals surface area contributed by atoms with Crippen LogP contribution in [0.3, 0.4) is 0 Å². The third kappa shape index (κ3) is 3.87.